The van der Waals surface area contributed by atoms with Gasteiger partial charge in [-0.3, -0.25) is 9.59 Å². The molecule has 1 aromatic heterocycles. The molecule has 0 aliphatic heterocycles. The topological polar surface area (TPSA) is 76.0 Å². The van der Waals surface area contributed by atoms with Crippen LogP contribution in [0.15, 0.2) is 35.5 Å². The van der Waals surface area contributed by atoms with Crippen LogP contribution in [0.1, 0.15) is 13.3 Å². The summed E-state index contributed by atoms with van der Waals surface area (Å²) in [5.41, 5.74) is 1.11. The fourth-order valence-electron chi connectivity index (χ4n) is 2.81. The van der Waals surface area contributed by atoms with E-state index in [-0.39, 0.29) is 5.75 Å². The molecule has 0 unspecified atom stereocenters. The molecule has 11 heteroatoms. The molecule has 1 heterocycles. The fraction of sp³-hybridized carbons (Fsp3) is 0.250. The summed E-state index contributed by atoms with van der Waals surface area (Å²) in [6.45, 7) is 2.28. The first-order valence-electron chi connectivity index (χ1n) is 9.28. The second kappa shape index (κ2) is 10.1. The quantitative estimate of drug-likeness (QED) is 0.379. The summed E-state index contributed by atoms with van der Waals surface area (Å²) in [4.78, 5) is 28.5. The predicted molar refractivity (Wildman–Crippen MR) is 114 cm³/mol. The summed E-state index contributed by atoms with van der Waals surface area (Å²) in [6, 6.07) is 6.97. The Hall–Kier alpha value is -2.72. The summed E-state index contributed by atoms with van der Waals surface area (Å²) in [6.07, 6.45) is 0.870. The molecule has 0 spiro atoms. The van der Waals surface area contributed by atoms with E-state index in [0.29, 0.717) is 22.8 Å². The number of aryl methyl sites for hydroxylation is 1. The summed E-state index contributed by atoms with van der Waals surface area (Å²) in [7, 11) is 0. The number of nitrogens with one attached hydrogen (secondary N) is 2. The number of amides is 2. The average Bonchev–Trinajstić information content (AvgIpc) is 3.08. The third-order valence-electron chi connectivity index (χ3n) is 4.21. The molecule has 164 valence electrons. The molecule has 0 saturated carbocycles. The Morgan fingerprint density at radius 3 is 2.65 bits per heavy atom. The molecule has 2 amide bonds. The molecule has 2 N–H and O–H groups in total. The van der Waals surface area contributed by atoms with Crippen LogP contribution in [0.25, 0.3) is 11.0 Å². The highest BCUT2D eigenvalue weighted by atomic mass is 35.5. The Morgan fingerprint density at radius 2 is 1.90 bits per heavy atom. The van der Waals surface area contributed by atoms with Crippen molar-refractivity contribution in [3.8, 4) is 0 Å². The van der Waals surface area contributed by atoms with E-state index in [4.69, 9.17) is 11.6 Å². The second-order valence-corrected chi connectivity index (χ2v) is 7.89. The lowest BCUT2D eigenvalue weighted by Crippen LogP contribution is -2.34. The number of imidazole rings is 1. The first kappa shape index (κ1) is 23.0. The maximum Gasteiger partial charge on any atom is 0.243 e. The zero-order chi connectivity index (χ0) is 22.5. The molecule has 3 aromatic rings. The molecule has 0 atom stereocenters. The molecule has 0 bridgehead atoms. The van der Waals surface area contributed by atoms with Crippen molar-refractivity contribution in [3.05, 3.63) is 52.8 Å². The van der Waals surface area contributed by atoms with E-state index in [1.165, 1.54) is 11.8 Å². The van der Waals surface area contributed by atoms with Crippen molar-refractivity contribution in [1.82, 2.24) is 14.9 Å². The first-order chi connectivity index (χ1) is 14.8. The van der Waals surface area contributed by atoms with Crippen molar-refractivity contribution in [2.24, 2.45) is 0 Å². The van der Waals surface area contributed by atoms with Crippen LogP contribution in [0.2, 0.25) is 5.02 Å². The van der Waals surface area contributed by atoms with E-state index in [2.05, 4.69) is 15.6 Å². The largest absolute Gasteiger partial charge is 0.346 e. The molecular weight excluding hydrogens is 453 g/mol. The van der Waals surface area contributed by atoms with E-state index < -0.39 is 41.5 Å². The smallest absolute Gasteiger partial charge is 0.243 e. The van der Waals surface area contributed by atoms with Crippen molar-refractivity contribution in [2.45, 2.75) is 25.0 Å². The lowest BCUT2D eigenvalue weighted by Gasteiger charge is -2.09. The van der Waals surface area contributed by atoms with Crippen LogP contribution < -0.4 is 10.6 Å². The van der Waals surface area contributed by atoms with Crippen LogP contribution in [0, 0.1) is 17.5 Å². The third-order valence-corrected chi connectivity index (χ3v) is 5.42. The van der Waals surface area contributed by atoms with E-state index in [1.54, 1.807) is 12.1 Å². The lowest BCUT2D eigenvalue weighted by molar-refractivity contribution is -0.122. The maximum atomic E-state index is 13.6. The van der Waals surface area contributed by atoms with Gasteiger partial charge < -0.3 is 15.2 Å². The zero-order valence-corrected chi connectivity index (χ0v) is 17.9. The van der Waals surface area contributed by atoms with Gasteiger partial charge in [0.2, 0.25) is 11.8 Å². The molecular formula is C20H18ClF3N4O2S. The fourth-order valence-corrected chi connectivity index (χ4v) is 3.84. The first-order valence-corrected chi connectivity index (χ1v) is 10.6. The SMILES string of the molecule is CCCn1c(SCC(=O)NCC(=O)Nc2ccc(F)c(F)c2F)nc2cc(Cl)ccc21. The van der Waals surface area contributed by atoms with Gasteiger partial charge in [0.1, 0.15) is 0 Å². The van der Waals surface area contributed by atoms with Gasteiger partial charge >= 0.3 is 0 Å². The Labute approximate surface area is 185 Å². The Kier molecular flexibility index (Phi) is 7.45. The van der Waals surface area contributed by atoms with Gasteiger partial charge in [0.05, 0.1) is 29.0 Å². The van der Waals surface area contributed by atoms with Gasteiger partial charge in [0.25, 0.3) is 0 Å². The van der Waals surface area contributed by atoms with E-state index in [9.17, 15) is 22.8 Å². The molecule has 0 aliphatic carbocycles. The molecule has 0 aliphatic rings. The van der Waals surface area contributed by atoms with Crippen molar-refractivity contribution in [1.29, 1.82) is 0 Å². The molecule has 31 heavy (non-hydrogen) atoms. The van der Waals surface area contributed by atoms with Gasteiger partial charge in [-0.1, -0.05) is 30.3 Å². The highest BCUT2D eigenvalue weighted by molar-refractivity contribution is 7.99. The Bertz CT molecular complexity index is 1140. The van der Waals surface area contributed by atoms with Crippen LogP contribution in [0.4, 0.5) is 18.9 Å². The summed E-state index contributed by atoms with van der Waals surface area (Å²) < 4.78 is 41.7. The lowest BCUT2D eigenvalue weighted by atomic mass is 10.2. The molecule has 0 saturated heterocycles. The van der Waals surface area contributed by atoms with Gasteiger partial charge in [0, 0.05) is 11.6 Å². The number of aromatic nitrogens is 2. The van der Waals surface area contributed by atoms with E-state index in [1.807, 2.05) is 17.6 Å². The molecule has 0 fully saturated rings. The third kappa shape index (κ3) is 5.50. The van der Waals surface area contributed by atoms with Crippen LogP contribution in [0.3, 0.4) is 0 Å². The number of anilines is 1. The van der Waals surface area contributed by atoms with Crippen molar-refractivity contribution >= 4 is 51.9 Å². The number of nitrogens with zero attached hydrogens (tertiary/aromatic N) is 2. The Morgan fingerprint density at radius 1 is 1.13 bits per heavy atom. The van der Waals surface area contributed by atoms with Crippen LogP contribution >= 0.6 is 23.4 Å². The standard InChI is InChI=1S/C20H18ClF3N4O2S/c1-2-7-28-15-6-3-11(21)8-14(15)27-20(28)31-10-17(30)25-9-16(29)26-13-5-4-12(22)18(23)19(13)24/h3-6,8H,2,7,9-10H2,1H3,(H,25,30)(H,26,29). The van der Waals surface area contributed by atoms with Crippen LogP contribution in [-0.4, -0.2) is 33.7 Å². The van der Waals surface area contributed by atoms with Crippen molar-refractivity contribution in [3.63, 3.8) is 0 Å². The number of benzene rings is 2. The molecule has 6 nitrogen and oxygen atoms in total. The maximum absolute atomic E-state index is 13.6. The van der Waals surface area contributed by atoms with Gasteiger partial charge in [-0.2, -0.15) is 0 Å². The predicted octanol–water partition coefficient (Wildman–Crippen LogP) is 4.36. The average molecular weight is 471 g/mol. The van der Waals surface area contributed by atoms with Gasteiger partial charge in [0.15, 0.2) is 22.6 Å². The number of rotatable bonds is 8. The summed E-state index contributed by atoms with van der Waals surface area (Å²) in [5, 5.41) is 5.68. The monoisotopic (exact) mass is 470 g/mol. The second-order valence-electron chi connectivity index (χ2n) is 6.52. The number of carbonyl (C=O) groups is 2. The number of hydrogen-bond acceptors (Lipinski definition) is 4. The number of fused-ring (bicyclic) bond motifs is 1. The normalized spacial score (nSPS) is 11.0. The molecule has 3 rings (SSSR count). The van der Waals surface area contributed by atoms with Crippen molar-refractivity contribution < 1.29 is 22.8 Å². The highest BCUT2D eigenvalue weighted by Crippen LogP contribution is 2.26. The van der Waals surface area contributed by atoms with Crippen LogP contribution in [-0.2, 0) is 16.1 Å². The number of halogens is 4. The molecule has 2 aromatic carbocycles. The van der Waals surface area contributed by atoms with Crippen LogP contribution in [0.5, 0.6) is 0 Å². The van der Waals surface area contributed by atoms with Gasteiger partial charge in [-0.05, 0) is 36.8 Å². The highest BCUT2D eigenvalue weighted by Gasteiger charge is 2.16. The molecule has 0 radical (unpaired) electrons. The van der Waals surface area contributed by atoms with Gasteiger partial charge in [-0.25, -0.2) is 18.2 Å². The zero-order valence-electron chi connectivity index (χ0n) is 16.3. The number of hydrogen-bond donors (Lipinski definition) is 2. The minimum Gasteiger partial charge on any atom is -0.346 e. The number of carbonyl (C=O) groups excluding carboxylic acids is 2. The summed E-state index contributed by atoms with van der Waals surface area (Å²) in [5.74, 6) is -5.79. The minimum atomic E-state index is -1.69. The van der Waals surface area contributed by atoms with Gasteiger partial charge in [-0.15, -0.1) is 0 Å². The number of thioether (sulfide) groups is 1. The van der Waals surface area contributed by atoms with E-state index >= 15 is 0 Å². The summed E-state index contributed by atoms with van der Waals surface area (Å²) >= 11 is 7.22. The minimum absolute atomic E-state index is 0.00636. The van der Waals surface area contributed by atoms with Crippen molar-refractivity contribution in [2.75, 3.05) is 17.6 Å². The van der Waals surface area contributed by atoms with E-state index in [0.717, 1.165) is 23.5 Å². The Balaban J connectivity index is 1.56.